The van der Waals surface area contributed by atoms with Crippen molar-refractivity contribution in [2.24, 2.45) is 10.8 Å². The molecule has 0 saturated heterocycles. The third-order valence-corrected chi connectivity index (χ3v) is 3.62. The first-order valence-corrected chi connectivity index (χ1v) is 7.94. The number of benzene rings is 2. The first kappa shape index (κ1) is 21.1. The number of nitrogens with one attached hydrogen (secondary N) is 2. The van der Waals surface area contributed by atoms with E-state index in [9.17, 15) is 22.0 Å². The number of nitriles is 1. The van der Waals surface area contributed by atoms with E-state index in [1.807, 2.05) is 0 Å². The number of nitrogens with two attached hydrogens (primary N) is 1. The van der Waals surface area contributed by atoms with Crippen LogP contribution in [0.15, 0.2) is 39.9 Å². The molecule has 0 amide bonds. The smallest absolute Gasteiger partial charge is 0.416 e. The van der Waals surface area contributed by atoms with Crippen LogP contribution in [-0.4, -0.2) is 11.5 Å². The first-order valence-electron chi connectivity index (χ1n) is 7.14. The molecule has 0 aliphatic carbocycles. The fraction of sp³-hybridized carbons (Fsp3) is 0.0625. The lowest BCUT2D eigenvalue weighted by molar-refractivity contribution is -0.138. The molecule has 0 heterocycles. The van der Waals surface area contributed by atoms with Crippen LogP contribution < -0.4 is 15.9 Å². The minimum atomic E-state index is -4.93. The van der Waals surface area contributed by atoms with Crippen molar-refractivity contribution >= 4 is 33.2 Å². The Balaban J connectivity index is 2.43. The van der Waals surface area contributed by atoms with E-state index in [-0.39, 0.29) is 23.6 Å². The standard InChI is InChI=1S/C16H9BrF5N5O/c17-8-1-2-11(26-27-12(6-23)15(24)25)13(5-8)28-14-9(18)3-7(4-10(14)19)16(20,21)22/h1-5,26H,(H3,24,25)/b27-12+. The summed E-state index contributed by atoms with van der Waals surface area (Å²) in [5.41, 5.74) is 5.51. The summed E-state index contributed by atoms with van der Waals surface area (Å²) in [5.74, 6) is -5.05. The van der Waals surface area contributed by atoms with Crippen molar-refractivity contribution in [1.29, 1.82) is 10.7 Å². The molecule has 0 spiro atoms. The van der Waals surface area contributed by atoms with Crippen molar-refractivity contribution in [3.05, 3.63) is 52.0 Å². The second-order valence-corrected chi connectivity index (χ2v) is 6.02. The summed E-state index contributed by atoms with van der Waals surface area (Å²) in [6.45, 7) is 0. The molecule has 12 heteroatoms. The highest BCUT2D eigenvalue weighted by Crippen LogP contribution is 2.38. The van der Waals surface area contributed by atoms with Crippen LogP contribution in [0.3, 0.4) is 0 Å². The number of alkyl halides is 3. The van der Waals surface area contributed by atoms with E-state index in [1.165, 1.54) is 18.2 Å². The average molecular weight is 462 g/mol. The maximum absolute atomic E-state index is 14.0. The number of halogens is 6. The molecule has 0 radical (unpaired) electrons. The third-order valence-electron chi connectivity index (χ3n) is 3.13. The van der Waals surface area contributed by atoms with Gasteiger partial charge in [-0.25, -0.2) is 8.78 Å². The van der Waals surface area contributed by atoms with Crippen molar-refractivity contribution in [2.45, 2.75) is 6.18 Å². The molecule has 6 nitrogen and oxygen atoms in total. The van der Waals surface area contributed by atoms with Crippen LogP contribution in [0.2, 0.25) is 0 Å². The highest BCUT2D eigenvalue weighted by Gasteiger charge is 2.33. The van der Waals surface area contributed by atoms with Crippen LogP contribution in [0.25, 0.3) is 0 Å². The lowest BCUT2D eigenvalue weighted by Crippen LogP contribution is -2.21. The van der Waals surface area contributed by atoms with Crippen molar-refractivity contribution in [1.82, 2.24) is 0 Å². The van der Waals surface area contributed by atoms with Gasteiger partial charge in [-0.1, -0.05) is 15.9 Å². The van der Waals surface area contributed by atoms with Gasteiger partial charge in [0.1, 0.15) is 6.07 Å². The van der Waals surface area contributed by atoms with Crippen molar-refractivity contribution < 1.29 is 26.7 Å². The zero-order valence-corrected chi connectivity index (χ0v) is 15.1. The highest BCUT2D eigenvalue weighted by molar-refractivity contribution is 9.10. The Morgan fingerprint density at radius 2 is 1.82 bits per heavy atom. The van der Waals surface area contributed by atoms with Gasteiger partial charge >= 0.3 is 6.18 Å². The lowest BCUT2D eigenvalue weighted by Gasteiger charge is -2.14. The molecule has 0 atom stereocenters. The Kier molecular flexibility index (Phi) is 6.19. The molecule has 0 aliphatic rings. The van der Waals surface area contributed by atoms with E-state index < -0.39 is 40.7 Å². The maximum atomic E-state index is 14.0. The normalized spacial score (nSPS) is 11.7. The number of nitrogens with zero attached hydrogens (tertiary/aromatic N) is 2. The van der Waals surface area contributed by atoms with Gasteiger partial charge in [0.25, 0.3) is 0 Å². The van der Waals surface area contributed by atoms with Crippen molar-refractivity contribution in [2.75, 3.05) is 5.43 Å². The van der Waals surface area contributed by atoms with E-state index in [0.29, 0.717) is 4.47 Å². The number of amidine groups is 1. The summed E-state index contributed by atoms with van der Waals surface area (Å²) in [7, 11) is 0. The minimum Gasteiger partial charge on any atom is -0.449 e. The fourth-order valence-corrected chi connectivity index (χ4v) is 2.21. The van der Waals surface area contributed by atoms with E-state index in [1.54, 1.807) is 6.07 Å². The van der Waals surface area contributed by atoms with Crippen LogP contribution in [0.4, 0.5) is 27.6 Å². The van der Waals surface area contributed by atoms with Gasteiger partial charge in [0, 0.05) is 4.47 Å². The van der Waals surface area contributed by atoms with Crippen LogP contribution >= 0.6 is 15.9 Å². The Morgan fingerprint density at radius 3 is 2.32 bits per heavy atom. The van der Waals surface area contributed by atoms with Crippen LogP contribution in [0.1, 0.15) is 5.56 Å². The molecule has 4 N–H and O–H groups in total. The van der Waals surface area contributed by atoms with Gasteiger partial charge in [-0.2, -0.15) is 23.5 Å². The zero-order chi connectivity index (χ0) is 21.1. The molecular weight excluding hydrogens is 453 g/mol. The number of hydrogen-bond acceptors (Lipinski definition) is 5. The highest BCUT2D eigenvalue weighted by atomic mass is 79.9. The molecule has 0 fully saturated rings. The van der Waals surface area contributed by atoms with E-state index in [2.05, 4.69) is 26.5 Å². The maximum Gasteiger partial charge on any atom is 0.416 e. The van der Waals surface area contributed by atoms with Crippen molar-refractivity contribution in [3.8, 4) is 17.6 Å². The molecule has 0 unspecified atom stereocenters. The topological polar surface area (TPSA) is 107 Å². The Labute approximate surface area is 163 Å². The van der Waals surface area contributed by atoms with Gasteiger partial charge in [0.2, 0.25) is 5.71 Å². The van der Waals surface area contributed by atoms with Gasteiger partial charge in [-0.05, 0) is 30.3 Å². The largest absolute Gasteiger partial charge is 0.449 e. The molecule has 0 bridgehead atoms. The van der Waals surface area contributed by atoms with E-state index in [4.69, 9.17) is 21.1 Å². The Morgan fingerprint density at radius 1 is 1.21 bits per heavy atom. The van der Waals surface area contributed by atoms with Gasteiger partial charge in [-0.3, -0.25) is 10.8 Å². The van der Waals surface area contributed by atoms with Gasteiger partial charge < -0.3 is 10.5 Å². The number of hydrogen-bond donors (Lipinski definition) is 3. The summed E-state index contributed by atoms with van der Waals surface area (Å²) in [5, 5.41) is 19.5. The van der Waals surface area contributed by atoms with Gasteiger partial charge in [0.15, 0.2) is 29.0 Å². The summed E-state index contributed by atoms with van der Waals surface area (Å²) in [6, 6.07) is 5.85. The Hall–Kier alpha value is -3.20. The molecule has 2 aromatic rings. The van der Waals surface area contributed by atoms with Gasteiger partial charge in [0.05, 0.1) is 11.3 Å². The lowest BCUT2D eigenvalue weighted by atomic mass is 10.2. The second-order valence-electron chi connectivity index (χ2n) is 5.11. The quantitative estimate of drug-likeness (QED) is 0.258. The zero-order valence-electron chi connectivity index (χ0n) is 13.5. The van der Waals surface area contributed by atoms with Crippen LogP contribution in [0, 0.1) is 28.4 Å². The number of anilines is 1. The molecule has 0 saturated carbocycles. The third kappa shape index (κ3) is 4.95. The number of hydrazone groups is 1. The van der Waals surface area contributed by atoms with E-state index in [0.717, 1.165) is 0 Å². The molecule has 0 aliphatic heterocycles. The molecule has 0 aromatic heterocycles. The van der Waals surface area contributed by atoms with Crippen LogP contribution in [-0.2, 0) is 6.18 Å². The average Bonchev–Trinajstić information content (AvgIpc) is 2.58. The monoisotopic (exact) mass is 461 g/mol. The molecule has 2 rings (SSSR count). The number of ether oxygens (including phenoxy) is 1. The molecule has 146 valence electrons. The SMILES string of the molecule is N#C/C(=N\Nc1ccc(Br)cc1Oc1c(F)cc(C(F)(F)F)cc1F)C(=N)N. The minimum absolute atomic E-state index is 0.00380. The second kappa shape index (κ2) is 8.22. The van der Waals surface area contributed by atoms with E-state index >= 15 is 0 Å². The summed E-state index contributed by atoms with van der Waals surface area (Å²) in [6.07, 6.45) is -4.93. The molecule has 2 aromatic carbocycles. The fourth-order valence-electron chi connectivity index (χ4n) is 1.87. The number of rotatable bonds is 5. The van der Waals surface area contributed by atoms with Crippen LogP contribution in [0.5, 0.6) is 11.5 Å². The molecule has 28 heavy (non-hydrogen) atoms. The molecular formula is C16H9BrF5N5O. The van der Waals surface area contributed by atoms with Gasteiger partial charge in [-0.15, -0.1) is 0 Å². The predicted molar refractivity (Wildman–Crippen MR) is 94.2 cm³/mol. The summed E-state index contributed by atoms with van der Waals surface area (Å²) < 4.78 is 71.5. The first-order chi connectivity index (χ1) is 13.0. The predicted octanol–water partition coefficient (Wildman–Crippen LogP) is 4.77. The summed E-state index contributed by atoms with van der Waals surface area (Å²) >= 11 is 3.12. The Bertz CT molecular complexity index is 977. The van der Waals surface area contributed by atoms with Crippen molar-refractivity contribution in [3.63, 3.8) is 0 Å². The summed E-state index contributed by atoms with van der Waals surface area (Å²) in [4.78, 5) is 0.